The van der Waals surface area contributed by atoms with Gasteiger partial charge in [0.2, 0.25) is 0 Å². The SMILES string of the molecule is COC(C)C(C)=Cc1csc(C)n1. The van der Waals surface area contributed by atoms with Gasteiger partial charge < -0.3 is 4.74 Å². The zero-order valence-corrected chi connectivity index (χ0v) is 9.31. The van der Waals surface area contributed by atoms with E-state index in [1.165, 1.54) is 5.57 Å². The number of rotatable bonds is 3. The molecule has 1 aromatic rings. The Kier molecular flexibility index (Phi) is 3.63. The molecule has 13 heavy (non-hydrogen) atoms. The van der Waals surface area contributed by atoms with Crippen molar-refractivity contribution in [2.75, 3.05) is 7.11 Å². The van der Waals surface area contributed by atoms with Gasteiger partial charge in [0.05, 0.1) is 16.8 Å². The molecule has 1 unspecified atom stereocenters. The maximum Gasteiger partial charge on any atom is 0.0901 e. The molecule has 0 radical (unpaired) electrons. The van der Waals surface area contributed by atoms with Gasteiger partial charge in [-0.25, -0.2) is 4.98 Å². The smallest absolute Gasteiger partial charge is 0.0901 e. The highest BCUT2D eigenvalue weighted by molar-refractivity contribution is 7.09. The monoisotopic (exact) mass is 197 g/mol. The van der Waals surface area contributed by atoms with E-state index >= 15 is 0 Å². The third kappa shape index (κ3) is 2.94. The second-order valence-corrected chi connectivity index (χ2v) is 4.12. The van der Waals surface area contributed by atoms with E-state index in [1.54, 1.807) is 18.4 Å². The van der Waals surface area contributed by atoms with Gasteiger partial charge >= 0.3 is 0 Å². The third-order valence-electron chi connectivity index (χ3n) is 2.01. The van der Waals surface area contributed by atoms with E-state index in [9.17, 15) is 0 Å². The number of nitrogens with zero attached hydrogens (tertiary/aromatic N) is 1. The minimum Gasteiger partial charge on any atom is -0.377 e. The van der Waals surface area contributed by atoms with Gasteiger partial charge in [-0.3, -0.25) is 0 Å². The second-order valence-electron chi connectivity index (χ2n) is 3.06. The molecule has 0 aliphatic heterocycles. The Morgan fingerprint density at radius 3 is 2.85 bits per heavy atom. The van der Waals surface area contributed by atoms with Crippen molar-refractivity contribution in [2.45, 2.75) is 26.9 Å². The number of ether oxygens (including phenoxy) is 1. The van der Waals surface area contributed by atoms with E-state index < -0.39 is 0 Å². The van der Waals surface area contributed by atoms with Gasteiger partial charge in [0.1, 0.15) is 0 Å². The van der Waals surface area contributed by atoms with Crippen molar-refractivity contribution in [2.24, 2.45) is 0 Å². The summed E-state index contributed by atoms with van der Waals surface area (Å²) in [6.45, 7) is 6.10. The minimum absolute atomic E-state index is 0.169. The van der Waals surface area contributed by atoms with Crippen molar-refractivity contribution in [3.8, 4) is 0 Å². The van der Waals surface area contributed by atoms with Crippen molar-refractivity contribution < 1.29 is 4.74 Å². The number of methoxy groups -OCH3 is 1. The van der Waals surface area contributed by atoms with Crippen molar-refractivity contribution in [3.63, 3.8) is 0 Å². The highest BCUT2D eigenvalue weighted by Gasteiger charge is 2.02. The number of hydrogen-bond donors (Lipinski definition) is 0. The fraction of sp³-hybridized carbons (Fsp3) is 0.500. The van der Waals surface area contributed by atoms with Crippen LogP contribution in [0.2, 0.25) is 0 Å². The fourth-order valence-corrected chi connectivity index (χ4v) is 1.55. The molecule has 0 bridgehead atoms. The number of hydrogen-bond acceptors (Lipinski definition) is 3. The van der Waals surface area contributed by atoms with E-state index in [2.05, 4.69) is 23.4 Å². The molecule has 0 aliphatic rings. The molecule has 1 aromatic heterocycles. The van der Waals surface area contributed by atoms with Crippen LogP contribution in [0.25, 0.3) is 6.08 Å². The molecule has 2 nitrogen and oxygen atoms in total. The van der Waals surface area contributed by atoms with Crippen LogP contribution in [0.3, 0.4) is 0 Å². The molecule has 0 N–H and O–H groups in total. The minimum atomic E-state index is 0.169. The quantitative estimate of drug-likeness (QED) is 0.743. The number of thiazole rings is 1. The van der Waals surface area contributed by atoms with E-state index in [1.807, 2.05) is 13.8 Å². The summed E-state index contributed by atoms with van der Waals surface area (Å²) in [5.41, 5.74) is 2.23. The predicted molar refractivity (Wildman–Crippen MR) is 57.0 cm³/mol. The molecule has 0 aromatic carbocycles. The molecule has 0 saturated heterocycles. The van der Waals surface area contributed by atoms with Crippen molar-refractivity contribution in [1.29, 1.82) is 0 Å². The first-order chi connectivity index (χ1) is 6.13. The highest BCUT2D eigenvalue weighted by Crippen LogP contribution is 2.14. The van der Waals surface area contributed by atoms with Crippen molar-refractivity contribution in [3.05, 3.63) is 21.7 Å². The van der Waals surface area contributed by atoms with E-state index in [0.717, 1.165) is 10.7 Å². The molecule has 0 aliphatic carbocycles. The Balaban J connectivity index is 2.76. The number of aryl methyl sites for hydroxylation is 1. The number of aromatic nitrogens is 1. The third-order valence-corrected chi connectivity index (χ3v) is 2.80. The first-order valence-corrected chi connectivity index (χ1v) is 5.14. The topological polar surface area (TPSA) is 22.1 Å². The largest absolute Gasteiger partial charge is 0.377 e. The summed E-state index contributed by atoms with van der Waals surface area (Å²) < 4.78 is 5.20. The molecule has 3 heteroatoms. The Hall–Kier alpha value is -0.670. The second kappa shape index (κ2) is 4.53. The van der Waals surface area contributed by atoms with Crippen LogP contribution >= 0.6 is 11.3 Å². The van der Waals surface area contributed by atoms with Crippen LogP contribution in [-0.4, -0.2) is 18.2 Å². The Labute approximate surface area is 83.3 Å². The maximum atomic E-state index is 5.20. The van der Waals surface area contributed by atoms with Gasteiger partial charge in [0.15, 0.2) is 0 Å². The Bertz CT molecular complexity index is 304. The van der Waals surface area contributed by atoms with Crippen LogP contribution in [0.5, 0.6) is 0 Å². The van der Waals surface area contributed by atoms with Crippen LogP contribution in [0.1, 0.15) is 24.5 Å². The Morgan fingerprint density at radius 1 is 1.69 bits per heavy atom. The van der Waals surface area contributed by atoms with Gasteiger partial charge in [-0.1, -0.05) is 0 Å². The van der Waals surface area contributed by atoms with E-state index in [0.29, 0.717) is 0 Å². The molecular formula is C10H15NOS. The van der Waals surface area contributed by atoms with Gasteiger partial charge in [-0.05, 0) is 32.4 Å². The normalized spacial score (nSPS) is 14.6. The summed E-state index contributed by atoms with van der Waals surface area (Å²) in [6.07, 6.45) is 2.24. The standard InChI is InChI=1S/C10H15NOS/c1-7(8(2)12-4)5-10-6-13-9(3)11-10/h5-6,8H,1-4H3. The summed E-state index contributed by atoms with van der Waals surface area (Å²) in [6, 6.07) is 0. The average molecular weight is 197 g/mol. The summed E-state index contributed by atoms with van der Waals surface area (Å²) in [4.78, 5) is 4.35. The zero-order valence-electron chi connectivity index (χ0n) is 8.50. The van der Waals surface area contributed by atoms with Crippen molar-refractivity contribution in [1.82, 2.24) is 4.98 Å². The molecular weight excluding hydrogens is 182 g/mol. The van der Waals surface area contributed by atoms with E-state index in [-0.39, 0.29) is 6.10 Å². The first-order valence-electron chi connectivity index (χ1n) is 4.26. The van der Waals surface area contributed by atoms with Crippen LogP contribution in [-0.2, 0) is 4.74 Å². The van der Waals surface area contributed by atoms with Crippen LogP contribution in [0, 0.1) is 6.92 Å². The predicted octanol–water partition coefficient (Wildman–Crippen LogP) is 2.89. The van der Waals surface area contributed by atoms with Gasteiger partial charge in [-0.2, -0.15) is 0 Å². The summed E-state index contributed by atoms with van der Waals surface area (Å²) in [5.74, 6) is 0. The lowest BCUT2D eigenvalue weighted by Gasteiger charge is -2.08. The molecule has 0 spiro atoms. The average Bonchev–Trinajstić information content (AvgIpc) is 2.49. The van der Waals surface area contributed by atoms with Gasteiger partial charge in [0.25, 0.3) is 0 Å². The van der Waals surface area contributed by atoms with Gasteiger partial charge in [-0.15, -0.1) is 11.3 Å². The lowest BCUT2D eigenvalue weighted by Crippen LogP contribution is -2.05. The molecule has 1 atom stereocenters. The molecule has 72 valence electrons. The van der Waals surface area contributed by atoms with Crippen LogP contribution in [0.15, 0.2) is 11.0 Å². The summed E-state index contributed by atoms with van der Waals surface area (Å²) in [7, 11) is 1.72. The molecule has 0 fully saturated rings. The Morgan fingerprint density at radius 2 is 2.38 bits per heavy atom. The maximum absolute atomic E-state index is 5.20. The zero-order chi connectivity index (χ0) is 9.84. The highest BCUT2D eigenvalue weighted by atomic mass is 32.1. The van der Waals surface area contributed by atoms with E-state index in [4.69, 9.17) is 4.74 Å². The first kappa shape index (κ1) is 10.4. The molecule has 0 amide bonds. The fourth-order valence-electron chi connectivity index (χ4n) is 0.983. The van der Waals surface area contributed by atoms with Gasteiger partial charge in [0, 0.05) is 12.5 Å². The lowest BCUT2D eigenvalue weighted by atomic mass is 10.1. The van der Waals surface area contributed by atoms with Crippen LogP contribution < -0.4 is 0 Å². The molecule has 0 saturated carbocycles. The summed E-state index contributed by atoms with van der Waals surface area (Å²) in [5, 5.41) is 3.16. The lowest BCUT2D eigenvalue weighted by molar-refractivity contribution is 0.148. The molecule has 1 rings (SSSR count). The van der Waals surface area contributed by atoms with Crippen molar-refractivity contribution >= 4 is 17.4 Å². The molecule has 1 heterocycles. The van der Waals surface area contributed by atoms with Crippen LogP contribution in [0.4, 0.5) is 0 Å². The summed E-state index contributed by atoms with van der Waals surface area (Å²) >= 11 is 1.67.